The Morgan fingerprint density at radius 2 is 1.81 bits per heavy atom. The van der Waals surface area contributed by atoms with Gasteiger partial charge in [-0.3, -0.25) is 14.2 Å². The molecule has 1 aliphatic heterocycles. The minimum atomic E-state index is -3.57. The molecular formula is C23H25N3O5S. The molecule has 2 aromatic carbocycles. The van der Waals surface area contributed by atoms with E-state index in [0.29, 0.717) is 42.0 Å². The summed E-state index contributed by atoms with van der Waals surface area (Å²) in [7, 11) is -3.57. The van der Waals surface area contributed by atoms with Gasteiger partial charge in [-0.05, 0) is 61.5 Å². The third kappa shape index (κ3) is 4.39. The van der Waals surface area contributed by atoms with Crippen molar-refractivity contribution < 1.29 is 17.9 Å². The molecule has 4 rings (SSSR count). The number of benzene rings is 2. The monoisotopic (exact) mass is 455 g/mol. The Hall–Kier alpha value is -3.17. The normalized spacial score (nSPS) is 14.5. The number of anilines is 1. The second kappa shape index (κ2) is 9.13. The van der Waals surface area contributed by atoms with E-state index in [1.54, 1.807) is 36.4 Å². The molecule has 8 nitrogen and oxygen atoms in total. The van der Waals surface area contributed by atoms with Gasteiger partial charge in [0.15, 0.2) is 0 Å². The highest BCUT2D eigenvalue weighted by atomic mass is 32.2. The van der Waals surface area contributed by atoms with Crippen molar-refractivity contribution in [3.63, 3.8) is 0 Å². The van der Waals surface area contributed by atoms with Crippen molar-refractivity contribution >= 4 is 32.5 Å². The lowest BCUT2D eigenvalue weighted by Crippen LogP contribution is -2.28. The summed E-state index contributed by atoms with van der Waals surface area (Å²) in [6.45, 7) is 3.13. The molecule has 1 saturated heterocycles. The minimum Gasteiger partial charge on any atom is -0.492 e. The number of aromatic nitrogens is 1. The summed E-state index contributed by atoms with van der Waals surface area (Å²) in [5, 5.41) is 3.36. The largest absolute Gasteiger partial charge is 0.492 e. The van der Waals surface area contributed by atoms with Gasteiger partial charge in [0.2, 0.25) is 15.9 Å². The molecular weight excluding hydrogens is 430 g/mol. The number of pyridine rings is 1. The number of sulfonamides is 1. The van der Waals surface area contributed by atoms with E-state index in [1.165, 1.54) is 21.0 Å². The summed E-state index contributed by atoms with van der Waals surface area (Å²) < 4.78 is 34.1. The molecule has 1 amide bonds. The second-order valence-corrected chi connectivity index (χ2v) is 9.50. The van der Waals surface area contributed by atoms with Gasteiger partial charge in [-0.25, -0.2) is 8.42 Å². The van der Waals surface area contributed by atoms with Gasteiger partial charge in [-0.1, -0.05) is 12.1 Å². The average Bonchev–Trinajstić information content (AvgIpc) is 3.33. The van der Waals surface area contributed by atoms with Gasteiger partial charge >= 0.3 is 0 Å². The topological polar surface area (TPSA) is 97.7 Å². The van der Waals surface area contributed by atoms with Gasteiger partial charge in [-0.2, -0.15) is 4.31 Å². The number of ether oxygens (including phenoxy) is 1. The van der Waals surface area contributed by atoms with Crippen LogP contribution in [0.2, 0.25) is 0 Å². The number of carbonyl (C=O) groups is 1. The highest BCUT2D eigenvalue weighted by Gasteiger charge is 2.27. The number of nitrogens with zero attached hydrogens (tertiary/aromatic N) is 2. The van der Waals surface area contributed by atoms with E-state index in [1.807, 2.05) is 13.0 Å². The molecule has 0 bridgehead atoms. The number of fused-ring (bicyclic) bond motifs is 1. The lowest BCUT2D eigenvalue weighted by molar-refractivity contribution is -0.116. The summed E-state index contributed by atoms with van der Waals surface area (Å²) >= 11 is 0. The number of hydrogen-bond donors (Lipinski definition) is 1. The molecule has 0 aliphatic carbocycles. The van der Waals surface area contributed by atoms with E-state index in [2.05, 4.69) is 5.32 Å². The maximum atomic E-state index is 12.9. The fourth-order valence-corrected chi connectivity index (χ4v) is 5.42. The van der Waals surface area contributed by atoms with Crippen molar-refractivity contribution in [1.29, 1.82) is 0 Å². The fraction of sp³-hybridized carbons (Fsp3) is 0.304. The van der Waals surface area contributed by atoms with Gasteiger partial charge in [0.1, 0.15) is 12.3 Å². The van der Waals surface area contributed by atoms with Crippen LogP contribution in [0.25, 0.3) is 10.9 Å². The lowest BCUT2D eigenvalue weighted by atomic mass is 10.2. The number of para-hydroxylation sites is 2. The van der Waals surface area contributed by atoms with Crippen LogP contribution in [0.15, 0.2) is 64.3 Å². The van der Waals surface area contributed by atoms with E-state index < -0.39 is 10.0 Å². The number of rotatable bonds is 7. The van der Waals surface area contributed by atoms with Crippen LogP contribution in [0.4, 0.5) is 5.69 Å². The molecule has 168 valence electrons. The van der Waals surface area contributed by atoms with Crippen LogP contribution in [0, 0.1) is 0 Å². The zero-order valence-corrected chi connectivity index (χ0v) is 18.6. The van der Waals surface area contributed by atoms with Crippen molar-refractivity contribution in [2.24, 2.45) is 0 Å². The van der Waals surface area contributed by atoms with Crippen molar-refractivity contribution in [1.82, 2.24) is 8.87 Å². The zero-order chi connectivity index (χ0) is 22.7. The van der Waals surface area contributed by atoms with Crippen molar-refractivity contribution in [3.8, 4) is 5.75 Å². The first-order valence-electron chi connectivity index (χ1n) is 10.6. The fourth-order valence-electron chi connectivity index (χ4n) is 3.87. The van der Waals surface area contributed by atoms with E-state index in [0.717, 1.165) is 12.8 Å². The maximum absolute atomic E-state index is 12.9. The highest BCUT2D eigenvalue weighted by molar-refractivity contribution is 7.89. The summed E-state index contributed by atoms with van der Waals surface area (Å²) in [4.78, 5) is 25.4. The molecule has 1 fully saturated rings. The van der Waals surface area contributed by atoms with Crippen molar-refractivity contribution in [2.75, 3.05) is 25.0 Å². The van der Waals surface area contributed by atoms with Crippen LogP contribution in [-0.2, 0) is 21.4 Å². The summed E-state index contributed by atoms with van der Waals surface area (Å²) in [5.41, 5.74) is 0.665. The molecule has 9 heteroatoms. The van der Waals surface area contributed by atoms with E-state index in [4.69, 9.17) is 4.74 Å². The van der Waals surface area contributed by atoms with Gasteiger partial charge in [0.25, 0.3) is 5.56 Å². The molecule has 1 aromatic heterocycles. The van der Waals surface area contributed by atoms with Crippen molar-refractivity contribution in [3.05, 3.63) is 65.0 Å². The standard InChI is InChI=1S/C23H25N3O5S/c1-2-31-21-8-4-3-7-19(21)24-22(27)16-26-20-11-10-18(15-17(20)9-12-23(26)28)32(29,30)25-13-5-6-14-25/h3-4,7-12,15H,2,5-6,13-14,16H2,1H3,(H,24,27). The Labute approximate surface area is 186 Å². The minimum absolute atomic E-state index is 0.187. The molecule has 0 unspecified atom stereocenters. The molecule has 0 saturated carbocycles. The molecule has 2 heterocycles. The molecule has 0 spiro atoms. The number of hydrogen-bond acceptors (Lipinski definition) is 5. The molecule has 1 N–H and O–H groups in total. The summed E-state index contributed by atoms with van der Waals surface area (Å²) in [6.07, 6.45) is 1.71. The number of nitrogens with one attached hydrogen (secondary N) is 1. The van der Waals surface area contributed by atoms with E-state index in [-0.39, 0.29) is 22.9 Å². The SMILES string of the molecule is CCOc1ccccc1NC(=O)Cn1c(=O)ccc2cc(S(=O)(=O)N3CCCC3)ccc21. The first kappa shape index (κ1) is 22.0. The maximum Gasteiger partial charge on any atom is 0.251 e. The van der Waals surface area contributed by atoms with Gasteiger partial charge in [0, 0.05) is 19.2 Å². The van der Waals surface area contributed by atoms with Crippen LogP contribution in [-0.4, -0.2) is 42.9 Å². The van der Waals surface area contributed by atoms with Crippen LogP contribution >= 0.6 is 0 Å². The van der Waals surface area contributed by atoms with Crippen LogP contribution < -0.4 is 15.6 Å². The van der Waals surface area contributed by atoms with Crippen molar-refractivity contribution in [2.45, 2.75) is 31.2 Å². The molecule has 0 radical (unpaired) electrons. The van der Waals surface area contributed by atoms with Gasteiger partial charge in [-0.15, -0.1) is 0 Å². The van der Waals surface area contributed by atoms with Crippen LogP contribution in [0.1, 0.15) is 19.8 Å². The predicted molar refractivity (Wildman–Crippen MR) is 122 cm³/mol. The first-order chi connectivity index (χ1) is 15.4. The summed E-state index contributed by atoms with van der Waals surface area (Å²) in [6, 6.07) is 14.6. The Kier molecular flexibility index (Phi) is 6.29. The second-order valence-electron chi connectivity index (χ2n) is 7.57. The first-order valence-corrected chi connectivity index (χ1v) is 12.0. The number of carbonyl (C=O) groups excluding carboxylic acids is 1. The lowest BCUT2D eigenvalue weighted by Gasteiger charge is -2.17. The van der Waals surface area contributed by atoms with E-state index >= 15 is 0 Å². The Balaban J connectivity index is 1.62. The number of amides is 1. The van der Waals surface area contributed by atoms with Gasteiger partial charge < -0.3 is 10.1 Å². The summed E-state index contributed by atoms with van der Waals surface area (Å²) in [5.74, 6) is 0.158. The van der Waals surface area contributed by atoms with Gasteiger partial charge in [0.05, 0.1) is 22.7 Å². The average molecular weight is 456 g/mol. The Bertz CT molecular complexity index is 1310. The molecule has 32 heavy (non-hydrogen) atoms. The predicted octanol–water partition coefficient (Wildman–Crippen LogP) is 2.82. The highest BCUT2D eigenvalue weighted by Crippen LogP contribution is 2.25. The molecule has 1 aliphatic rings. The van der Waals surface area contributed by atoms with Crippen LogP contribution in [0.3, 0.4) is 0 Å². The Morgan fingerprint density at radius 1 is 1.06 bits per heavy atom. The Morgan fingerprint density at radius 3 is 2.56 bits per heavy atom. The molecule has 3 aromatic rings. The third-order valence-corrected chi connectivity index (χ3v) is 7.32. The van der Waals surface area contributed by atoms with Crippen LogP contribution in [0.5, 0.6) is 5.75 Å². The zero-order valence-electron chi connectivity index (χ0n) is 17.8. The molecule has 0 atom stereocenters. The third-order valence-electron chi connectivity index (χ3n) is 5.43. The quantitative estimate of drug-likeness (QED) is 0.591. The van der Waals surface area contributed by atoms with E-state index in [9.17, 15) is 18.0 Å². The smallest absolute Gasteiger partial charge is 0.251 e.